The lowest BCUT2D eigenvalue weighted by Gasteiger charge is -2.22. The third-order valence-electron chi connectivity index (χ3n) is 4.34. The maximum atomic E-state index is 12.6. The molecule has 0 unspecified atom stereocenters. The van der Waals surface area contributed by atoms with Crippen LogP contribution < -0.4 is 10.6 Å². The summed E-state index contributed by atoms with van der Waals surface area (Å²) in [6.07, 6.45) is 1.35. The van der Waals surface area contributed by atoms with E-state index in [1.807, 2.05) is 6.92 Å². The Morgan fingerprint density at radius 1 is 1.36 bits per heavy atom. The van der Waals surface area contributed by atoms with Gasteiger partial charge < -0.3 is 10.6 Å². The predicted molar refractivity (Wildman–Crippen MR) is 97.5 cm³/mol. The molecule has 1 saturated heterocycles. The standard InChI is InChI=1S/C18H24ClN3O3/c1-11(2)7-8-18(4)16(24)22(17(25)21-18)10-15(23)20-14-9-13(19)6-5-12(14)3/h5-6,9,11H,7-8,10H2,1-4H3,(H,20,23)(H,21,25)/t18-/m1/s1. The second kappa shape index (κ2) is 7.44. The van der Waals surface area contributed by atoms with E-state index in [0.717, 1.165) is 16.9 Å². The lowest BCUT2D eigenvalue weighted by atomic mass is 9.92. The minimum Gasteiger partial charge on any atom is -0.324 e. The van der Waals surface area contributed by atoms with Gasteiger partial charge in [0.1, 0.15) is 12.1 Å². The molecule has 0 aromatic heterocycles. The normalized spacial score (nSPS) is 20.2. The molecule has 0 bridgehead atoms. The van der Waals surface area contributed by atoms with Crippen LogP contribution in [0.5, 0.6) is 0 Å². The molecule has 1 aromatic rings. The molecule has 0 aliphatic carbocycles. The van der Waals surface area contributed by atoms with Crippen molar-refractivity contribution in [3.8, 4) is 0 Å². The number of urea groups is 1. The third-order valence-corrected chi connectivity index (χ3v) is 4.58. The molecule has 2 rings (SSSR count). The average Bonchev–Trinajstić information content (AvgIpc) is 2.73. The van der Waals surface area contributed by atoms with Crippen molar-refractivity contribution in [1.29, 1.82) is 0 Å². The molecule has 0 spiro atoms. The molecule has 1 atom stereocenters. The number of rotatable bonds is 6. The summed E-state index contributed by atoms with van der Waals surface area (Å²) < 4.78 is 0. The largest absolute Gasteiger partial charge is 0.325 e. The Hall–Kier alpha value is -2.08. The fourth-order valence-electron chi connectivity index (χ4n) is 2.70. The summed E-state index contributed by atoms with van der Waals surface area (Å²) in [5.41, 5.74) is 0.456. The van der Waals surface area contributed by atoms with Gasteiger partial charge in [0.05, 0.1) is 0 Å². The maximum absolute atomic E-state index is 12.6. The van der Waals surface area contributed by atoms with E-state index in [-0.39, 0.29) is 12.5 Å². The average molecular weight is 366 g/mol. The number of carbonyl (C=O) groups is 3. The molecule has 4 amide bonds. The Morgan fingerprint density at radius 2 is 2.04 bits per heavy atom. The quantitative estimate of drug-likeness (QED) is 0.759. The Kier molecular flexibility index (Phi) is 5.72. The number of hydrogen-bond donors (Lipinski definition) is 2. The topological polar surface area (TPSA) is 78.5 Å². The van der Waals surface area contributed by atoms with Gasteiger partial charge in [0.2, 0.25) is 5.91 Å². The highest BCUT2D eigenvalue weighted by Gasteiger charge is 2.47. The molecule has 0 saturated carbocycles. The fraction of sp³-hybridized carbons (Fsp3) is 0.500. The number of benzene rings is 1. The second-order valence-corrected chi connectivity index (χ2v) is 7.53. The van der Waals surface area contributed by atoms with E-state index in [4.69, 9.17) is 11.6 Å². The van der Waals surface area contributed by atoms with E-state index in [2.05, 4.69) is 24.5 Å². The van der Waals surface area contributed by atoms with E-state index in [9.17, 15) is 14.4 Å². The van der Waals surface area contributed by atoms with Gasteiger partial charge in [0.15, 0.2) is 0 Å². The first-order valence-corrected chi connectivity index (χ1v) is 8.70. The van der Waals surface area contributed by atoms with Gasteiger partial charge in [-0.25, -0.2) is 4.79 Å². The minimum atomic E-state index is -0.951. The number of halogens is 1. The highest BCUT2D eigenvalue weighted by atomic mass is 35.5. The number of hydrogen-bond acceptors (Lipinski definition) is 3. The van der Waals surface area contributed by atoms with Crippen molar-refractivity contribution in [3.05, 3.63) is 28.8 Å². The fourth-order valence-corrected chi connectivity index (χ4v) is 2.87. The predicted octanol–water partition coefficient (Wildman–Crippen LogP) is 3.33. The molecule has 136 valence electrons. The Labute approximate surface area is 152 Å². The zero-order valence-corrected chi connectivity index (χ0v) is 15.7. The molecule has 1 fully saturated rings. The van der Waals surface area contributed by atoms with Gasteiger partial charge in [-0.1, -0.05) is 31.5 Å². The number of nitrogens with one attached hydrogen (secondary N) is 2. The lowest BCUT2D eigenvalue weighted by Crippen LogP contribution is -2.44. The van der Waals surface area contributed by atoms with Crippen molar-refractivity contribution >= 4 is 35.1 Å². The van der Waals surface area contributed by atoms with E-state index in [1.165, 1.54) is 0 Å². The first kappa shape index (κ1) is 19.2. The van der Waals surface area contributed by atoms with Crippen molar-refractivity contribution in [2.45, 2.75) is 46.1 Å². The molecular weight excluding hydrogens is 342 g/mol. The molecule has 1 aliphatic heterocycles. The zero-order valence-electron chi connectivity index (χ0n) is 15.0. The van der Waals surface area contributed by atoms with Crippen LogP contribution in [0.2, 0.25) is 5.02 Å². The molecule has 0 radical (unpaired) electrons. The molecular formula is C18H24ClN3O3. The summed E-state index contributed by atoms with van der Waals surface area (Å²) in [7, 11) is 0. The van der Waals surface area contributed by atoms with E-state index >= 15 is 0 Å². The van der Waals surface area contributed by atoms with Crippen LogP contribution in [0.1, 0.15) is 39.2 Å². The maximum Gasteiger partial charge on any atom is 0.325 e. The SMILES string of the molecule is Cc1ccc(Cl)cc1NC(=O)CN1C(=O)N[C@](C)(CCC(C)C)C1=O. The van der Waals surface area contributed by atoms with Crippen molar-refractivity contribution in [1.82, 2.24) is 10.2 Å². The summed E-state index contributed by atoms with van der Waals surface area (Å²) in [5.74, 6) is -0.386. The van der Waals surface area contributed by atoms with E-state index in [0.29, 0.717) is 23.0 Å². The summed E-state index contributed by atoms with van der Waals surface area (Å²) in [6.45, 7) is 7.33. The highest BCUT2D eigenvalue weighted by Crippen LogP contribution is 2.25. The van der Waals surface area contributed by atoms with Crippen molar-refractivity contribution in [2.24, 2.45) is 5.92 Å². The molecule has 1 aliphatic rings. The monoisotopic (exact) mass is 365 g/mol. The van der Waals surface area contributed by atoms with Crippen LogP contribution in [0, 0.1) is 12.8 Å². The number of imide groups is 1. The number of aryl methyl sites for hydroxylation is 1. The van der Waals surface area contributed by atoms with Crippen molar-refractivity contribution in [3.63, 3.8) is 0 Å². The van der Waals surface area contributed by atoms with Crippen LogP contribution in [0.3, 0.4) is 0 Å². The van der Waals surface area contributed by atoms with E-state index < -0.39 is 17.5 Å². The number of anilines is 1. The van der Waals surface area contributed by atoms with Gasteiger partial charge in [-0.05, 0) is 50.3 Å². The van der Waals surface area contributed by atoms with Gasteiger partial charge in [-0.15, -0.1) is 0 Å². The summed E-state index contributed by atoms with van der Waals surface area (Å²) in [4.78, 5) is 38.0. The van der Waals surface area contributed by atoms with E-state index in [1.54, 1.807) is 25.1 Å². The van der Waals surface area contributed by atoms with Gasteiger partial charge in [-0.3, -0.25) is 14.5 Å². The number of carbonyl (C=O) groups excluding carboxylic acids is 3. The molecule has 6 nitrogen and oxygen atoms in total. The summed E-state index contributed by atoms with van der Waals surface area (Å²) >= 11 is 5.93. The Morgan fingerprint density at radius 3 is 2.68 bits per heavy atom. The first-order chi connectivity index (χ1) is 11.6. The lowest BCUT2D eigenvalue weighted by molar-refractivity contribution is -0.133. The molecule has 7 heteroatoms. The smallest absolute Gasteiger partial charge is 0.324 e. The summed E-state index contributed by atoms with van der Waals surface area (Å²) in [5, 5.41) is 5.91. The van der Waals surface area contributed by atoms with Crippen LogP contribution in [0.15, 0.2) is 18.2 Å². The van der Waals surface area contributed by atoms with Gasteiger partial charge >= 0.3 is 6.03 Å². The Bertz CT molecular complexity index is 705. The third kappa shape index (κ3) is 4.51. The molecule has 2 N–H and O–H groups in total. The second-order valence-electron chi connectivity index (χ2n) is 7.09. The summed E-state index contributed by atoms with van der Waals surface area (Å²) in [6, 6.07) is 4.61. The zero-order chi connectivity index (χ0) is 18.8. The highest BCUT2D eigenvalue weighted by molar-refractivity contribution is 6.31. The van der Waals surface area contributed by atoms with Crippen LogP contribution in [0.25, 0.3) is 0 Å². The van der Waals surface area contributed by atoms with Gasteiger partial charge in [0.25, 0.3) is 5.91 Å². The van der Waals surface area contributed by atoms with Crippen LogP contribution in [0.4, 0.5) is 10.5 Å². The van der Waals surface area contributed by atoms with Crippen molar-refractivity contribution < 1.29 is 14.4 Å². The first-order valence-electron chi connectivity index (χ1n) is 8.32. The van der Waals surface area contributed by atoms with Crippen molar-refractivity contribution in [2.75, 3.05) is 11.9 Å². The molecule has 25 heavy (non-hydrogen) atoms. The van der Waals surface area contributed by atoms with Crippen LogP contribution in [-0.4, -0.2) is 34.8 Å². The number of amides is 4. The van der Waals surface area contributed by atoms with Gasteiger partial charge in [-0.2, -0.15) is 0 Å². The molecule has 1 aromatic carbocycles. The minimum absolute atomic E-state index is 0.326. The molecule has 1 heterocycles. The van der Waals surface area contributed by atoms with Gasteiger partial charge in [0, 0.05) is 10.7 Å². The Balaban J connectivity index is 2.04. The number of nitrogens with zero attached hydrogens (tertiary/aromatic N) is 1. The van der Waals surface area contributed by atoms with Crippen LogP contribution >= 0.6 is 11.6 Å². The van der Waals surface area contributed by atoms with Crippen LogP contribution in [-0.2, 0) is 9.59 Å².